The highest BCUT2D eigenvalue weighted by Gasteiger charge is 2.49. The summed E-state index contributed by atoms with van der Waals surface area (Å²) in [6, 6.07) is 0. The van der Waals surface area contributed by atoms with Crippen LogP contribution in [-0.2, 0) is 42.9 Å². The van der Waals surface area contributed by atoms with E-state index in [4.69, 9.17) is 23.7 Å². The normalized spacial score (nSPS) is 26.3. The van der Waals surface area contributed by atoms with Gasteiger partial charge in [0.25, 0.3) is 0 Å². The Morgan fingerprint density at radius 2 is 1.04 bits per heavy atom. The first-order valence-electron chi connectivity index (χ1n) is 6.97. The van der Waals surface area contributed by atoms with E-state index in [1.807, 2.05) is 0 Å². The van der Waals surface area contributed by atoms with E-state index >= 15 is 0 Å². The van der Waals surface area contributed by atoms with E-state index in [9.17, 15) is 19.2 Å². The number of hydrogen-bond acceptors (Lipinski definition) is 9. The lowest BCUT2D eigenvalue weighted by Gasteiger charge is -2.23. The van der Waals surface area contributed by atoms with Crippen LogP contribution < -0.4 is 0 Å². The maximum absolute atomic E-state index is 11.3. The van der Waals surface area contributed by atoms with Gasteiger partial charge in [-0.3, -0.25) is 19.2 Å². The molecular weight excluding hydrogens is 312 g/mol. The van der Waals surface area contributed by atoms with Crippen molar-refractivity contribution >= 4 is 23.9 Å². The Hall–Kier alpha value is -2.16. The van der Waals surface area contributed by atoms with Crippen molar-refractivity contribution in [1.29, 1.82) is 0 Å². The second kappa shape index (κ2) is 8.47. The molecule has 1 rings (SSSR count). The summed E-state index contributed by atoms with van der Waals surface area (Å²) in [6.07, 6.45) is -3.63. The van der Waals surface area contributed by atoms with Gasteiger partial charge in [-0.1, -0.05) is 0 Å². The number of esters is 4. The van der Waals surface area contributed by atoms with Gasteiger partial charge in [-0.05, 0) is 0 Å². The van der Waals surface area contributed by atoms with Crippen molar-refractivity contribution in [2.75, 3.05) is 13.2 Å². The lowest BCUT2D eigenvalue weighted by Crippen LogP contribution is -2.42. The third kappa shape index (κ3) is 6.23. The van der Waals surface area contributed by atoms with Gasteiger partial charge >= 0.3 is 23.9 Å². The zero-order valence-corrected chi connectivity index (χ0v) is 13.4. The molecule has 0 aromatic carbocycles. The van der Waals surface area contributed by atoms with Gasteiger partial charge in [-0.2, -0.15) is 0 Å². The zero-order chi connectivity index (χ0) is 17.6. The van der Waals surface area contributed by atoms with Crippen LogP contribution >= 0.6 is 0 Å². The number of ether oxygens (including phenoxy) is 5. The highest BCUT2D eigenvalue weighted by molar-refractivity contribution is 5.68. The highest BCUT2D eigenvalue weighted by atomic mass is 16.7. The predicted octanol–water partition coefficient (Wildman–Crippen LogP) is -0.257. The molecule has 0 saturated carbocycles. The Morgan fingerprint density at radius 1 is 0.696 bits per heavy atom. The minimum absolute atomic E-state index is 0.193. The second-order valence-corrected chi connectivity index (χ2v) is 4.97. The molecule has 130 valence electrons. The fourth-order valence-electron chi connectivity index (χ4n) is 2.14. The molecule has 1 fully saturated rings. The minimum atomic E-state index is -0.976. The van der Waals surface area contributed by atoms with E-state index in [0.717, 1.165) is 0 Å². The molecule has 0 aromatic heterocycles. The number of carbonyl (C=O) groups is 4. The van der Waals surface area contributed by atoms with Crippen molar-refractivity contribution in [3.05, 3.63) is 0 Å². The van der Waals surface area contributed by atoms with Crippen LogP contribution in [0, 0.1) is 0 Å². The van der Waals surface area contributed by atoms with Gasteiger partial charge in [0.15, 0.2) is 12.2 Å². The lowest BCUT2D eigenvalue weighted by atomic mass is 10.1. The number of rotatable bonds is 6. The summed E-state index contributed by atoms with van der Waals surface area (Å²) in [5, 5.41) is 0. The highest BCUT2D eigenvalue weighted by Crippen LogP contribution is 2.28. The van der Waals surface area contributed by atoms with E-state index in [-0.39, 0.29) is 13.2 Å². The average Bonchev–Trinajstić information content (AvgIpc) is 2.71. The van der Waals surface area contributed by atoms with Crippen molar-refractivity contribution in [3.8, 4) is 0 Å². The summed E-state index contributed by atoms with van der Waals surface area (Å²) in [5.41, 5.74) is 0. The van der Waals surface area contributed by atoms with Crippen molar-refractivity contribution in [2.45, 2.75) is 52.1 Å². The van der Waals surface area contributed by atoms with Crippen LogP contribution in [0.2, 0.25) is 0 Å². The van der Waals surface area contributed by atoms with Crippen LogP contribution in [0.1, 0.15) is 27.7 Å². The SMILES string of the molecule is CC(=O)OC[C@@H]1O[C@H](COC(C)=O)[C@@H](OC(C)=O)[C@@H]1OC(C)=O. The van der Waals surface area contributed by atoms with Gasteiger partial charge in [0.1, 0.15) is 25.4 Å². The van der Waals surface area contributed by atoms with Crippen LogP contribution in [0.4, 0.5) is 0 Å². The van der Waals surface area contributed by atoms with Crippen LogP contribution in [0.25, 0.3) is 0 Å². The largest absolute Gasteiger partial charge is 0.463 e. The quantitative estimate of drug-likeness (QED) is 0.479. The first-order valence-corrected chi connectivity index (χ1v) is 6.97. The summed E-state index contributed by atoms with van der Waals surface area (Å²) in [7, 11) is 0. The second-order valence-electron chi connectivity index (χ2n) is 4.97. The van der Waals surface area contributed by atoms with Gasteiger partial charge < -0.3 is 23.7 Å². The number of carbonyl (C=O) groups excluding carboxylic acids is 4. The van der Waals surface area contributed by atoms with Gasteiger partial charge in [0.2, 0.25) is 0 Å². The minimum Gasteiger partial charge on any atom is -0.463 e. The predicted molar refractivity (Wildman–Crippen MR) is 73.0 cm³/mol. The van der Waals surface area contributed by atoms with Crippen LogP contribution in [0.3, 0.4) is 0 Å². The third-order valence-corrected chi connectivity index (χ3v) is 2.91. The van der Waals surface area contributed by atoms with Crippen molar-refractivity contribution in [2.24, 2.45) is 0 Å². The molecule has 0 amide bonds. The molecule has 0 radical (unpaired) electrons. The Balaban J connectivity index is 2.91. The van der Waals surface area contributed by atoms with E-state index in [0.29, 0.717) is 0 Å². The first kappa shape index (κ1) is 18.9. The standard InChI is InChI=1S/C14H20O9/c1-7(15)19-5-11-13(21-9(3)17)14(22-10(4)18)12(23-11)6-20-8(2)16/h11-14H,5-6H2,1-4H3/t11-,12+,13-,14-/m1/s1. The van der Waals surface area contributed by atoms with E-state index < -0.39 is 48.3 Å². The monoisotopic (exact) mass is 332 g/mol. The maximum Gasteiger partial charge on any atom is 0.303 e. The lowest BCUT2D eigenvalue weighted by molar-refractivity contribution is -0.166. The van der Waals surface area contributed by atoms with Crippen molar-refractivity contribution in [3.63, 3.8) is 0 Å². The first-order chi connectivity index (χ1) is 10.7. The molecule has 1 saturated heterocycles. The molecule has 0 N–H and O–H groups in total. The van der Waals surface area contributed by atoms with Crippen molar-refractivity contribution < 1.29 is 42.9 Å². The van der Waals surface area contributed by atoms with Crippen LogP contribution in [0.5, 0.6) is 0 Å². The van der Waals surface area contributed by atoms with Gasteiger partial charge in [0, 0.05) is 27.7 Å². The number of hydrogen-bond donors (Lipinski definition) is 0. The van der Waals surface area contributed by atoms with Crippen LogP contribution in [0.15, 0.2) is 0 Å². The molecule has 0 bridgehead atoms. The van der Waals surface area contributed by atoms with E-state index in [1.54, 1.807) is 0 Å². The summed E-state index contributed by atoms with van der Waals surface area (Å²) < 4.78 is 25.6. The molecule has 0 unspecified atom stereocenters. The fraction of sp³-hybridized carbons (Fsp3) is 0.714. The molecule has 1 aliphatic heterocycles. The zero-order valence-electron chi connectivity index (χ0n) is 13.4. The molecule has 9 nitrogen and oxygen atoms in total. The molecule has 9 heteroatoms. The third-order valence-electron chi connectivity index (χ3n) is 2.91. The topological polar surface area (TPSA) is 114 Å². The molecule has 1 aliphatic rings. The fourth-order valence-corrected chi connectivity index (χ4v) is 2.14. The van der Waals surface area contributed by atoms with Gasteiger partial charge in [-0.25, -0.2) is 0 Å². The molecule has 0 spiro atoms. The van der Waals surface area contributed by atoms with E-state index in [2.05, 4.69) is 0 Å². The molecule has 1 heterocycles. The van der Waals surface area contributed by atoms with Crippen LogP contribution in [-0.4, -0.2) is 61.5 Å². The summed E-state index contributed by atoms with van der Waals surface area (Å²) in [6.45, 7) is 4.43. The Kier molecular flexibility index (Phi) is 6.95. The average molecular weight is 332 g/mol. The summed E-state index contributed by atoms with van der Waals surface area (Å²) in [4.78, 5) is 44.4. The van der Waals surface area contributed by atoms with Crippen molar-refractivity contribution in [1.82, 2.24) is 0 Å². The molecule has 0 aliphatic carbocycles. The van der Waals surface area contributed by atoms with Gasteiger partial charge in [0.05, 0.1) is 0 Å². The smallest absolute Gasteiger partial charge is 0.303 e. The Morgan fingerprint density at radius 3 is 1.30 bits per heavy atom. The Bertz CT molecular complexity index is 431. The van der Waals surface area contributed by atoms with E-state index in [1.165, 1.54) is 27.7 Å². The van der Waals surface area contributed by atoms with Gasteiger partial charge in [-0.15, -0.1) is 0 Å². The molecule has 23 heavy (non-hydrogen) atoms. The molecular formula is C14H20O9. The molecule has 0 aromatic rings. The summed E-state index contributed by atoms with van der Waals surface area (Å²) >= 11 is 0. The summed E-state index contributed by atoms with van der Waals surface area (Å²) in [5.74, 6) is -2.31. The maximum atomic E-state index is 11.3. The molecule has 4 atom stereocenters. The Labute approximate surface area is 133 Å².